The Kier molecular flexibility index (Phi) is 3.86. The average Bonchev–Trinajstić information content (AvgIpc) is 2.43. The van der Waals surface area contributed by atoms with Crippen LogP contribution < -0.4 is 4.74 Å². The standard InChI is InChI=1S/C13H10ClIN2OS/c1-7-11(15)12(14)17-13(16-7)9-6-19-10-5-3-2-4-8(10)18-9/h2-5,9H,6H2,1H3. The van der Waals surface area contributed by atoms with Crippen molar-refractivity contribution >= 4 is 46.0 Å². The fraction of sp³-hybridized carbons (Fsp3) is 0.231. The number of nitrogens with zero attached hydrogens (tertiary/aromatic N) is 2. The first-order chi connectivity index (χ1) is 9.15. The predicted molar refractivity (Wildman–Crippen MR) is 85.0 cm³/mol. The second-order valence-electron chi connectivity index (χ2n) is 4.14. The summed E-state index contributed by atoms with van der Waals surface area (Å²) >= 11 is 10.0. The number of rotatable bonds is 1. The largest absolute Gasteiger partial charge is 0.480 e. The van der Waals surface area contributed by atoms with Gasteiger partial charge in [0.1, 0.15) is 10.9 Å². The molecule has 0 amide bonds. The van der Waals surface area contributed by atoms with Gasteiger partial charge in [-0.25, -0.2) is 9.97 Å². The van der Waals surface area contributed by atoms with Crippen LogP contribution in [0, 0.1) is 10.5 Å². The molecule has 2 aromatic rings. The molecule has 1 aromatic carbocycles. The number of fused-ring (bicyclic) bond motifs is 1. The number of hydrogen-bond acceptors (Lipinski definition) is 4. The lowest BCUT2D eigenvalue weighted by Gasteiger charge is -2.24. The Labute approximate surface area is 134 Å². The van der Waals surface area contributed by atoms with E-state index in [2.05, 4.69) is 38.6 Å². The van der Waals surface area contributed by atoms with Gasteiger partial charge in [-0.05, 0) is 41.6 Å². The fourth-order valence-electron chi connectivity index (χ4n) is 1.84. The number of benzene rings is 1. The Morgan fingerprint density at radius 1 is 1.37 bits per heavy atom. The highest BCUT2D eigenvalue weighted by atomic mass is 127. The second kappa shape index (κ2) is 5.46. The molecule has 19 heavy (non-hydrogen) atoms. The van der Waals surface area contributed by atoms with E-state index in [0.717, 1.165) is 25.7 Å². The maximum Gasteiger partial charge on any atom is 0.172 e. The van der Waals surface area contributed by atoms with Gasteiger partial charge < -0.3 is 4.74 Å². The summed E-state index contributed by atoms with van der Waals surface area (Å²) in [5.74, 6) is 2.34. The Balaban J connectivity index is 1.93. The predicted octanol–water partition coefficient (Wildman–Crippen LogP) is 4.27. The minimum Gasteiger partial charge on any atom is -0.480 e. The van der Waals surface area contributed by atoms with Gasteiger partial charge in [-0.2, -0.15) is 0 Å². The van der Waals surface area contributed by atoms with E-state index in [0.29, 0.717) is 11.0 Å². The van der Waals surface area contributed by atoms with Crippen molar-refractivity contribution in [3.05, 3.63) is 44.5 Å². The maximum absolute atomic E-state index is 6.12. The first-order valence-electron chi connectivity index (χ1n) is 5.73. The lowest BCUT2D eigenvalue weighted by molar-refractivity contribution is 0.210. The molecule has 2 heterocycles. The Hall–Kier alpha value is -0.530. The van der Waals surface area contributed by atoms with Crippen molar-refractivity contribution < 1.29 is 4.74 Å². The molecule has 0 saturated carbocycles. The molecule has 0 fully saturated rings. The first-order valence-corrected chi connectivity index (χ1v) is 8.17. The van der Waals surface area contributed by atoms with Crippen LogP contribution in [0.4, 0.5) is 0 Å². The lowest BCUT2D eigenvalue weighted by atomic mass is 10.3. The molecule has 1 atom stereocenters. The van der Waals surface area contributed by atoms with E-state index in [1.54, 1.807) is 11.8 Å². The van der Waals surface area contributed by atoms with Crippen molar-refractivity contribution in [3.63, 3.8) is 0 Å². The quantitative estimate of drug-likeness (QED) is 0.525. The molecule has 1 aliphatic heterocycles. The number of para-hydroxylation sites is 1. The Morgan fingerprint density at radius 3 is 2.95 bits per heavy atom. The molecule has 3 rings (SSSR count). The molecule has 1 unspecified atom stereocenters. The maximum atomic E-state index is 6.12. The van der Waals surface area contributed by atoms with Gasteiger partial charge in [0.2, 0.25) is 0 Å². The third-order valence-electron chi connectivity index (χ3n) is 2.79. The SMILES string of the molecule is Cc1nc(C2CSc3ccccc3O2)nc(Cl)c1I. The van der Waals surface area contributed by atoms with Crippen LogP contribution in [0.25, 0.3) is 0 Å². The number of hydrogen-bond donors (Lipinski definition) is 0. The van der Waals surface area contributed by atoms with Crippen LogP contribution in [-0.4, -0.2) is 15.7 Å². The van der Waals surface area contributed by atoms with Gasteiger partial charge in [0.05, 0.1) is 9.26 Å². The smallest absolute Gasteiger partial charge is 0.172 e. The van der Waals surface area contributed by atoms with E-state index in [-0.39, 0.29) is 6.10 Å². The van der Waals surface area contributed by atoms with E-state index in [4.69, 9.17) is 16.3 Å². The van der Waals surface area contributed by atoms with Crippen molar-refractivity contribution in [3.8, 4) is 5.75 Å². The number of aryl methyl sites for hydroxylation is 1. The first kappa shape index (κ1) is 13.5. The van der Waals surface area contributed by atoms with Crippen molar-refractivity contribution in [2.24, 2.45) is 0 Å². The molecule has 1 aromatic heterocycles. The molecule has 0 radical (unpaired) electrons. The summed E-state index contributed by atoms with van der Waals surface area (Å²) in [6.45, 7) is 1.93. The van der Waals surface area contributed by atoms with Gasteiger partial charge in [-0.3, -0.25) is 0 Å². The Bertz CT molecular complexity index is 615. The summed E-state index contributed by atoms with van der Waals surface area (Å²) in [5, 5.41) is 0.496. The van der Waals surface area contributed by atoms with E-state index in [1.807, 2.05) is 25.1 Å². The molecule has 0 spiro atoms. The molecule has 0 saturated heterocycles. The molecule has 3 nitrogen and oxygen atoms in total. The summed E-state index contributed by atoms with van der Waals surface area (Å²) in [6, 6.07) is 8.01. The van der Waals surface area contributed by atoms with E-state index < -0.39 is 0 Å². The highest BCUT2D eigenvalue weighted by Gasteiger charge is 2.25. The molecule has 0 N–H and O–H groups in total. The second-order valence-corrected chi connectivity index (χ2v) is 6.63. The topological polar surface area (TPSA) is 35.0 Å². The van der Waals surface area contributed by atoms with Crippen molar-refractivity contribution in [1.82, 2.24) is 9.97 Å². The van der Waals surface area contributed by atoms with E-state index >= 15 is 0 Å². The number of halogens is 2. The molecule has 1 aliphatic rings. The normalized spacial score (nSPS) is 17.7. The van der Waals surface area contributed by atoms with Crippen LogP contribution in [-0.2, 0) is 0 Å². The molecule has 6 heteroatoms. The Morgan fingerprint density at radius 2 is 2.16 bits per heavy atom. The summed E-state index contributed by atoms with van der Waals surface area (Å²) in [5.41, 5.74) is 0.892. The minimum atomic E-state index is -0.145. The average molecular weight is 405 g/mol. The molecular weight excluding hydrogens is 395 g/mol. The summed E-state index contributed by atoms with van der Waals surface area (Å²) in [4.78, 5) is 9.99. The van der Waals surface area contributed by atoms with Gasteiger partial charge in [-0.15, -0.1) is 11.8 Å². The van der Waals surface area contributed by atoms with Crippen LogP contribution >= 0.6 is 46.0 Å². The summed E-state index contributed by atoms with van der Waals surface area (Å²) in [7, 11) is 0. The fourth-order valence-corrected chi connectivity index (χ4v) is 3.28. The zero-order valence-electron chi connectivity index (χ0n) is 10.1. The highest BCUT2D eigenvalue weighted by Crippen LogP contribution is 2.39. The van der Waals surface area contributed by atoms with Crippen LogP contribution in [0.15, 0.2) is 29.2 Å². The summed E-state index contributed by atoms with van der Waals surface area (Å²) < 4.78 is 6.86. The van der Waals surface area contributed by atoms with Crippen molar-refractivity contribution in [2.45, 2.75) is 17.9 Å². The number of ether oxygens (including phenoxy) is 1. The third-order valence-corrected chi connectivity index (χ3v) is 5.79. The molecule has 98 valence electrons. The van der Waals surface area contributed by atoms with Crippen molar-refractivity contribution in [2.75, 3.05) is 5.75 Å². The molecule has 0 bridgehead atoms. The minimum absolute atomic E-state index is 0.145. The van der Waals surface area contributed by atoms with Crippen molar-refractivity contribution in [1.29, 1.82) is 0 Å². The zero-order chi connectivity index (χ0) is 13.4. The zero-order valence-corrected chi connectivity index (χ0v) is 13.8. The lowest BCUT2D eigenvalue weighted by Crippen LogP contribution is -2.18. The van der Waals surface area contributed by atoms with E-state index in [9.17, 15) is 0 Å². The monoisotopic (exact) mass is 404 g/mol. The van der Waals surface area contributed by atoms with Crippen LogP contribution in [0.2, 0.25) is 5.15 Å². The van der Waals surface area contributed by atoms with Gasteiger partial charge in [0.25, 0.3) is 0 Å². The highest BCUT2D eigenvalue weighted by molar-refractivity contribution is 14.1. The van der Waals surface area contributed by atoms with Gasteiger partial charge in [0, 0.05) is 10.6 Å². The molecule has 0 aliphatic carbocycles. The van der Waals surface area contributed by atoms with Gasteiger partial charge in [0.15, 0.2) is 11.9 Å². The third kappa shape index (κ3) is 2.68. The van der Waals surface area contributed by atoms with Crippen LogP contribution in [0.3, 0.4) is 0 Å². The number of aromatic nitrogens is 2. The van der Waals surface area contributed by atoms with Gasteiger partial charge >= 0.3 is 0 Å². The van der Waals surface area contributed by atoms with Crippen LogP contribution in [0.1, 0.15) is 17.6 Å². The van der Waals surface area contributed by atoms with E-state index in [1.165, 1.54) is 0 Å². The van der Waals surface area contributed by atoms with Crippen LogP contribution in [0.5, 0.6) is 5.75 Å². The molecular formula is C13H10ClIN2OS. The summed E-state index contributed by atoms with van der Waals surface area (Å²) in [6.07, 6.45) is -0.145. The number of thioether (sulfide) groups is 1. The van der Waals surface area contributed by atoms with Gasteiger partial charge in [-0.1, -0.05) is 23.7 Å².